The third-order valence-corrected chi connectivity index (χ3v) is 4.84. The largest absolute Gasteiger partial charge is 0.377 e. The Labute approximate surface area is 151 Å². The Morgan fingerprint density at radius 3 is 3.12 bits per heavy atom. The maximum Gasteiger partial charge on any atom is 0.165 e. The van der Waals surface area contributed by atoms with E-state index in [4.69, 9.17) is 9.47 Å². The molecule has 8 heteroatoms. The number of nitrogens with one attached hydrogen (secondary N) is 1. The van der Waals surface area contributed by atoms with Crippen molar-refractivity contribution in [3.05, 3.63) is 42.7 Å². The second-order valence-corrected chi connectivity index (χ2v) is 6.82. The lowest BCUT2D eigenvalue weighted by Crippen LogP contribution is -2.44. The van der Waals surface area contributed by atoms with E-state index in [1.807, 2.05) is 6.07 Å². The summed E-state index contributed by atoms with van der Waals surface area (Å²) in [5, 5.41) is 3.09. The molecule has 2 saturated heterocycles. The summed E-state index contributed by atoms with van der Waals surface area (Å²) in [7, 11) is 0. The first-order valence-corrected chi connectivity index (χ1v) is 8.81. The number of hydrogen-bond donors (Lipinski definition) is 1. The fraction of sp³-hybridized carbons (Fsp3) is 0.500. The van der Waals surface area contributed by atoms with Crippen LogP contribution in [-0.4, -0.2) is 60.0 Å². The van der Waals surface area contributed by atoms with Crippen molar-refractivity contribution in [1.29, 1.82) is 0 Å². The minimum Gasteiger partial charge on any atom is -0.377 e. The number of aromatic nitrogens is 3. The van der Waals surface area contributed by atoms with Crippen molar-refractivity contribution in [2.75, 3.05) is 49.7 Å². The molecule has 1 spiro atoms. The number of rotatable bonds is 4. The van der Waals surface area contributed by atoms with E-state index in [2.05, 4.69) is 25.2 Å². The molecule has 138 valence electrons. The summed E-state index contributed by atoms with van der Waals surface area (Å²) in [6, 6.07) is 4.89. The van der Waals surface area contributed by atoms with Crippen molar-refractivity contribution in [1.82, 2.24) is 15.0 Å². The highest BCUT2D eigenvalue weighted by Gasteiger charge is 2.43. The Bertz CT molecular complexity index is 735. The van der Waals surface area contributed by atoms with E-state index in [1.165, 1.54) is 6.07 Å². The molecule has 0 amide bonds. The fourth-order valence-electron chi connectivity index (χ4n) is 3.61. The molecule has 2 aliphatic rings. The van der Waals surface area contributed by atoms with Crippen LogP contribution in [0, 0.1) is 11.7 Å². The lowest BCUT2D eigenvalue weighted by atomic mass is 9.94. The zero-order valence-corrected chi connectivity index (χ0v) is 14.5. The molecule has 4 rings (SSSR count). The van der Waals surface area contributed by atoms with Crippen LogP contribution in [0.25, 0.3) is 0 Å². The first-order chi connectivity index (χ1) is 12.7. The lowest BCUT2D eigenvalue weighted by molar-refractivity contribution is -0.0457. The SMILES string of the molecule is Fc1cccnc1NCC1COC2(COCCN(c3ccncn3)C2)C1. The van der Waals surface area contributed by atoms with E-state index < -0.39 is 0 Å². The monoisotopic (exact) mass is 359 g/mol. The van der Waals surface area contributed by atoms with Crippen molar-refractivity contribution < 1.29 is 13.9 Å². The van der Waals surface area contributed by atoms with Crippen LogP contribution in [0.15, 0.2) is 36.9 Å². The number of halogens is 1. The molecule has 2 unspecified atom stereocenters. The molecular formula is C18H22FN5O2. The molecule has 2 aromatic rings. The quantitative estimate of drug-likeness (QED) is 0.891. The van der Waals surface area contributed by atoms with Crippen LogP contribution in [0.5, 0.6) is 0 Å². The Kier molecular flexibility index (Phi) is 4.94. The highest BCUT2D eigenvalue weighted by molar-refractivity contribution is 5.38. The molecule has 1 N–H and O–H groups in total. The van der Waals surface area contributed by atoms with Crippen molar-refractivity contribution in [2.24, 2.45) is 5.92 Å². The van der Waals surface area contributed by atoms with Gasteiger partial charge in [0.05, 0.1) is 26.4 Å². The van der Waals surface area contributed by atoms with Crippen molar-refractivity contribution in [2.45, 2.75) is 12.0 Å². The van der Waals surface area contributed by atoms with Crippen LogP contribution in [0.2, 0.25) is 0 Å². The van der Waals surface area contributed by atoms with Crippen LogP contribution in [0.3, 0.4) is 0 Å². The predicted molar refractivity (Wildman–Crippen MR) is 94.5 cm³/mol. The van der Waals surface area contributed by atoms with Gasteiger partial charge in [-0.2, -0.15) is 0 Å². The third kappa shape index (κ3) is 3.76. The van der Waals surface area contributed by atoms with Crippen LogP contribution in [0.4, 0.5) is 16.0 Å². The standard InChI is InChI=1S/C18H22FN5O2/c19-15-2-1-4-21-17(15)22-9-14-8-18(26-10-14)11-24(6-7-25-12-18)16-3-5-20-13-23-16/h1-5,13-14H,6-12H2,(H,21,22). The van der Waals surface area contributed by atoms with Gasteiger partial charge in [0, 0.05) is 31.4 Å². The Morgan fingerprint density at radius 1 is 1.31 bits per heavy atom. The van der Waals surface area contributed by atoms with Gasteiger partial charge in [-0.1, -0.05) is 0 Å². The third-order valence-electron chi connectivity index (χ3n) is 4.84. The molecule has 0 bridgehead atoms. The van der Waals surface area contributed by atoms with Crippen LogP contribution in [-0.2, 0) is 9.47 Å². The number of pyridine rings is 1. The topological polar surface area (TPSA) is 72.4 Å². The minimum atomic E-state index is -0.365. The molecule has 0 saturated carbocycles. The number of nitrogens with zero attached hydrogens (tertiary/aromatic N) is 4. The van der Waals surface area contributed by atoms with E-state index in [0.29, 0.717) is 26.4 Å². The maximum atomic E-state index is 13.7. The molecule has 26 heavy (non-hydrogen) atoms. The summed E-state index contributed by atoms with van der Waals surface area (Å²) < 4.78 is 25.7. The van der Waals surface area contributed by atoms with E-state index in [1.54, 1.807) is 24.8 Å². The Morgan fingerprint density at radius 2 is 2.27 bits per heavy atom. The predicted octanol–water partition coefficient (Wildman–Crippen LogP) is 1.73. The van der Waals surface area contributed by atoms with Gasteiger partial charge < -0.3 is 19.7 Å². The average Bonchev–Trinajstić information content (AvgIpc) is 2.94. The van der Waals surface area contributed by atoms with Gasteiger partial charge in [0.1, 0.15) is 17.7 Å². The zero-order chi connectivity index (χ0) is 17.8. The average molecular weight is 359 g/mol. The smallest absolute Gasteiger partial charge is 0.165 e. The normalized spacial score (nSPS) is 26.0. The number of anilines is 2. The minimum absolute atomic E-state index is 0.269. The van der Waals surface area contributed by atoms with E-state index >= 15 is 0 Å². The highest BCUT2D eigenvalue weighted by Crippen LogP contribution is 2.34. The van der Waals surface area contributed by atoms with Crippen molar-refractivity contribution in [3.63, 3.8) is 0 Å². The second kappa shape index (κ2) is 7.51. The number of ether oxygens (including phenoxy) is 2. The molecule has 2 fully saturated rings. The van der Waals surface area contributed by atoms with Crippen molar-refractivity contribution >= 4 is 11.6 Å². The summed E-state index contributed by atoms with van der Waals surface area (Å²) in [5.41, 5.74) is -0.365. The summed E-state index contributed by atoms with van der Waals surface area (Å²) >= 11 is 0. The van der Waals surface area contributed by atoms with Gasteiger partial charge in [-0.05, 0) is 24.6 Å². The van der Waals surface area contributed by atoms with E-state index in [0.717, 1.165) is 25.3 Å². The van der Waals surface area contributed by atoms with Gasteiger partial charge in [-0.15, -0.1) is 0 Å². The summed E-state index contributed by atoms with van der Waals surface area (Å²) in [6.07, 6.45) is 5.72. The van der Waals surface area contributed by atoms with Crippen LogP contribution < -0.4 is 10.2 Å². The summed E-state index contributed by atoms with van der Waals surface area (Å²) in [6.45, 7) is 3.91. The second-order valence-electron chi connectivity index (χ2n) is 6.82. The highest BCUT2D eigenvalue weighted by atomic mass is 19.1. The van der Waals surface area contributed by atoms with Gasteiger partial charge in [0.2, 0.25) is 0 Å². The molecule has 2 atom stereocenters. The molecule has 0 aromatic carbocycles. The zero-order valence-electron chi connectivity index (χ0n) is 14.5. The molecule has 0 radical (unpaired) electrons. The van der Waals surface area contributed by atoms with Crippen LogP contribution >= 0.6 is 0 Å². The first-order valence-electron chi connectivity index (χ1n) is 8.81. The maximum absolute atomic E-state index is 13.7. The molecular weight excluding hydrogens is 337 g/mol. The molecule has 0 aliphatic carbocycles. The van der Waals surface area contributed by atoms with E-state index in [-0.39, 0.29) is 23.2 Å². The Hall–Kier alpha value is -2.32. The first kappa shape index (κ1) is 17.1. The van der Waals surface area contributed by atoms with Crippen LogP contribution in [0.1, 0.15) is 6.42 Å². The van der Waals surface area contributed by atoms with Gasteiger partial charge in [0.25, 0.3) is 0 Å². The molecule has 7 nitrogen and oxygen atoms in total. The Balaban J connectivity index is 1.40. The van der Waals surface area contributed by atoms with Gasteiger partial charge in [0.15, 0.2) is 11.6 Å². The van der Waals surface area contributed by atoms with Gasteiger partial charge in [-0.25, -0.2) is 19.3 Å². The molecule has 2 aromatic heterocycles. The van der Waals surface area contributed by atoms with E-state index in [9.17, 15) is 4.39 Å². The lowest BCUT2D eigenvalue weighted by Gasteiger charge is -2.31. The summed E-state index contributed by atoms with van der Waals surface area (Å²) in [4.78, 5) is 14.5. The molecule has 2 aliphatic heterocycles. The summed E-state index contributed by atoms with van der Waals surface area (Å²) in [5.74, 6) is 1.10. The van der Waals surface area contributed by atoms with Gasteiger partial charge >= 0.3 is 0 Å². The van der Waals surface area contributed by atoms with Gasteiger partial charge in [-0.3, -0.25) is 0 Å². The molecule has 4 heterocycles. The van der Waals surface area contributed by atoms with Crippen molar-refractivity contribution in [3.8, 4) is 0 Å². The fourth-order valence-corrected chi connectivity index (χ4v) is 3.61. The number of hydrogen-bond acceptors (Lipinski definition) is 7.